The Morgan fingerprint density at radius 2 is 1.00 bits per heavy atom. The molecule has 0 fully saturated rings. The molecule has 0 aliphatic rings. The van der Waals surface area contributed by atoms with Crippen LogP contribution in [-0.4, -0.2) is 46.9 Å². The minimum atomic E-state index is -0.804. The minimum Gasteiger partial charge on any atom is -0.462 e. The van der Waals surface area contributed by atoms with E-state index in [1.54, 1.807) is 0 Å². The van der Waals surface area contributed by atoms with Gasteiger partial charge in [0.25, 0.3) is 0 Å². The van der Waals surface area contributed by atoms with Crippen molar-refractivity contribution in [2.24, 2.45) is 0 Å². The number of rotatable bonds is 41. The molecule has 0 aromatic carbocycles. The Bertz CT molecular complexity index is 1010. The molecule has 0 heterocycles. The van der Waals surface area contributed by atoms with Crippen LogP contribution in [0.15, 0.2) is 60.8 Å². The molecule has 0 rings (SSSR count). The lowest BCUT2D eigenvalue weighted by Gasteiger charge is -2.24. The number of hydrogen-bond acceptors (Lipinski definition) is 5. The highest BCUT2D eigenvalue weighted by Gasteiger charge is 2.24. The van der Waals surface area contributed by atoms with E-state index in [9.17, 15) is 19.8 Å². The van der Waals surface area contributed by atoms with Gasteiger partial charge in [-0.25, -0.2) is 0 Å². The minimum absolute atomic E-state index is 0.0287. The first-order valence-corrected chi connectivity index (χ1v) is 23.6. The second kappa shape index (κ2) is 43.7. The van der Waals surface area contributed by atoms with Crippen LogP contribution in [0.3, 0.4) is 0 Å². The van der Waals surface area contributed by atoms with Gasteiger partial charge < -0.3 is 20.3 Å². The van der Waals surface area contributed by atoms with E-state index in [0.717, 1.165) is 57.8 Å². The SMILES string of the molecule is CC/C=C/C=C/C=C\C=C/CCCC(CC(=O)NC(CO)C(O)CCCCCCCCCCC)OC(=O)CCCCCCCCC/C=C/CCCCCCCC. The molecule has 6 nitrogen and oxygen atoms in total. The summed E-state index contributed by atoms with van der Waals surface area (Å²) in [4.78, 5) is 26.0. The van der Waals surface area contributed by atoms with Crippen molar-refractivity contribution >= 4 is 11.9 Å². The standard InChI is InChI=1S/C50H89NO5/c1-4-7-10-13-16-19-21-22-23-24-25-26-28-31-34-37-40-43-50(55)56-46(41-38-35-32-30-27-20-17-14-11-8-5-2)44-49(54)51-47(45-52)48(53)42-39-36-33-29-18-15-12-9-6-3/h8,11,14,17,20,22-23,27,30,32,46-48,52-53H,4-7,9-10,12-13,15-16,18-19,21,24-26,28-29,31,33-45H2,1-3H3,(H,51,54)/b11-8+,17-14+,23-22+,27-20-,32-30-. The Balaban J connectivity index is 4.61. The van der Waals surface area contributed by atoms with Gasteiger partial charge in [0.2, 0.25) is 5.91 Å². The van der Waals surface area contributed by atoms with E-state index in [1.807, 2.05) is 36.5 Å². The Morgan fingerprint density at radius 3 is 1.54 bits per heavy atom. The van der Waals surface area contributed by atoms with Crippen molar-refractivity contribution in [1.82, 2.24) is 5.32 Å². The van der Waals surface area contributed by atoms with Crippen LogP contribution >= 0.6 is 0 Å². The number of aliphatic hydroxyl groups is 2. The average molecular weight is 784 g/mol. The van der Waals surface area contributed by atoms with Gasteiger partial charge in [0, 0.05) is 6.42 Å². The van der Waals surface area contributed by atoms with Crippen molar-refractivity contribution in [2.45, 2.75) is 238 Å². The highest BCUT2D eigenvalue weighted by Crippen LogP contribution is 2.16. The quantitative estimate of drug-likeness (QED) is 0.0248. The largest absolute Gasteiger partial charge is 0.462 e. The summed E-state index contributed by atoms with van der Waals surface area (Å²) >= 11 is 0. The fourth-order valence-electron chi connectivity index (χ4n) is 6.85. The second-order valence-corrected chi connectivity index (χ2v) is 15.9. The predicted octanol–water partition coefficient (Wildman–Crippen LogP) is 13.7. The number of carbonyl (C=O) groups is 2. The Kier molecular flexibility index (Phi) is 41.8. The third kappa shape index (κ3) is 38.4. The lowest BCUT2D eigenvalue weighted by atomic mass is 10.0. The van der Waals surface area contributed by atoms with Crippen molar-refractivity contribution in [3.8, 4) is 0 Å². The summed E-state index contributed by atoms with van der Waals surface area (Å²) in [6.07, 6.45) is 52.9. The summed E-state index contributed by atoms with van der Waals surface area (Å²) in [6, 6.07) is -0.722. The van der Waals surface area contributed by atoms with E-state index >= 15 is 0 Å². The lowest BCUT2D eigenvalue weighted by Crippen LogP contribution is -2.46. The normalized spacial score (nSPS) is 13.9. The van der Waals surface area contributed by atoms with Gasteiger partial charge in [-0.1, -0.05) is 204 Å². The molecule has 3 unspecified atom stereocenters. The van der Waals surface area contributed by atoms with E-state index in [2.05, 4.69) is 50.4 Å². The molecular weight excluding hydrogens is 695 g/mol. The first kappa shape index (κ1) is 53.6. The van der Waals surface area contributed by atoms with Gasteiger partial charge in [0.1, 0.15) is 6.10 Å². The van der Waals surface area contributed by atoms with Crippen molar-refractivity contribution in [1.29, 1.82) is 0 Å². The van der Waals surface area contributed by atoms with E-state index in [-0.39, 0.29) is 24.9 Å². The number of esters is 1. The molecule has 0 spiro atoms. The summed E-state index contributed by atoms with van der Waals surface area (Å²) in [5, 5.41) is 23.5. The second-order valence-electron chi connectivity index (χ2n) is 15.9. The van der Waals surface area contributed by atoms with Crippen LogP contribution in [0.1, 0.15) is 220 Å². The highest BCUT2D eigenvalue weighted by molar-refractivity contribution is 5.77. The fraction of sp³-hybridized carbons (Fsp3) is 0.760. The molecule has 324 valence electrons. The first-order chi connectivity index (χ1) is 27.5. The summed E-state index contributed by atoms with van der Waals surface area (Å²) in [7, 11) is 0. The lowest BCUT2D eigenvalue weighted by molar-refractivity contribution is -0.151. The van der Waals surface area contributed by atoms with Crippen molar-refractivity contribution in [3.05, 3.63) is 60.8 Å². The monoisotopic (exact) mass is 784 g/mol. The van der Waals surface area contributed by atoms with Crippen LogP contribution in [0.5, 0.6) is 0 Å². The van der Waals surface area contributed by atoms with Gasteiger partial charge in [-0.2, -0.15) is 0 Å². The van der Waals surface area contributed by atoms with Crippen LogP contribution in [0.25, 0.3) is 0 Å². The molecule has 3 N–H and O–H groups in total. The zero-order chi connectivity index (χ0) is 41.0. The van der Waals surface area contributed by atoms with Gasteiger partial charge in [-0.15, -0.1) is 0 Å². The zero-order valence-corrected chi connectivity index (χ0v) is 36.8. The Morgan fingerprint density at radius 1 is 0.536 bits per heavy atom. The molecule has 0 radical (unpaired) electrons. The maximum Gasteiger partial charge on any atom is 0.306 e. The number of ether oxygens (including phenoxy) is 1. The average Bonchev–Trinajstić information content (AvgIpc) is 3.19. The topological polar surface area (TPSA) is 95.9 Å². The summed E-state index contributed by atoms with van der Waals surface area (Å²) in [5.74, 6) is -0.550. The molecule has 0 bridgehead atoms. The molecular formula is C50H89NO5. The molecule has 3 atom stereocenters. The van der Waals surface area contributed by atoms with Crippen LogP contribution in [0, 0.1) is 0 Å². The molecule has 0 aliphatic heterocycles. The maximum atomic E-state index is 13.1. The highest BCUT2D eigenvalue weighted by atomic mass is 16.5. The number of carbonyl (C=O) groups excluding carboxylic acids is 2. The van der Waals surface area contributed by atoms with E-state index < -0.39 is 18.2 Å². The number of hydrogen-bond donors (Lipinski definition) is 3. The molecule has 6 heteroatoms. The molecule has 0 aliphatic carbocycles. The maximum absolute atomic E-state index is 13.1. The smallest absolute Gasteiger partial charge is 0.306 e. The predicted molar refractivity (Wildman–Crippen MR) is 241 cm³/mol. The number of aliphatic hydroxyl groups excluding tert-OH is 2. The van der Waals surface area contributed by atoms with Crippen molar-refractivity contribution < 1.29 is 24.5 Å². The summed E-state index contributed by atoms with van der Waals surface area (Å²) < 4.78 is 5.87. The third-order valence-corrected chi connectivity index (χ3v) is 10.4. The van der Waals surface area contributed by atoms with Crippen LogP contribution in [-0.2, 0) is 14.3 Å². The molecule has 0 saturated heterocycles. The summed E-state index contributed by atoms with van der Waals surface area (Å²) in [5.41, 5.74) is 0. The number of amides is 1. The molecule has 56 heavy (non-hydrogen) atoms. The number of unbranched alkanes of at least 4 members (excludes halogenated alkanes) is 22. The molecule has 0 aromatic heterocycles. The van der Waals surface area contributed by atoms with Crippen LogP contribution in [0.4, 0.5) is 0 Å². The third-order valence-electron chi connectivity index (χ3n) is 10.4. The molecule has 1 amide bonds. The van der Waals surface area contributed by atoms with Gasteiger partial charge in [0.05, 0.1) is 25.2 Å². The van der Waals surface area contributed by atoms with Crippen LogP contribution in [0.2, 0.25) is 0 Å². The fourth-order valence-corrected chi connectivity index (χ4v) is 6.85. The number of nitrogens with one attached hydrogen (secondary N) is 1. The van der Waals surface area contributed by atoms with E-state index in [1.165, 1.54) is 116 Å². The van der Waals surface area contributed by atoms with Crippen molar-refractivity contribution in [3.63, 3.8) is 0 Å². The van der Waals surface area contributed by atoms with E-state index in [4.69, 9.17) is 4.74 Å². The number of allylic oxidation sites excluding steroid dienone is 10. The van der Waals surface area contributed by atoms with Gasteiger partial charge in [0.15, 0.2) is 0 Å². The van der Waals surface area contributed by atoms with Gasteiger partial charge in [-0.05, 0) is 64.2 Å². The zero-order valence-electron chi connectivity index (χ0n) is 36.8. The van der Waals surface area contributed by atoms with Gasteiger partial charge >= 0.3 is 5.97 Å². The van der Waals surface area contributed by atoms with Crippen LogP contribution < -0.4 is 5.32 Å². The first-order valence-electron chi connectivity index (χ1n) is 23.6. The van der Waals surface area contributed by atoms with Crippen molar-refractivity contribution in [2.75, 3.05) is 6.61 Å². The summed E-state index contributed by atoms with van der Waals surface area (Å²) in [6.45, 7) is 6.28. The van der Waals surface area contributed by atoms with Gasteiger partial charge in [-0.3, -0.25) is 9.59 Å². The molecule has 0 aromatic rings. The Hall–Kier alpha value is -2.44. The Labute approximate surface area is 346 Å². The molecule has 0 saturated carbocycles. The van der Waals surface area contributed by atoms with E-state index in [0.29, 0.717) is 19.3 Å².